The predicted octanol–water partition coefficient (Wildman–Crippen LogP) is 8.63. The van der Waals surface area contributed by atoms with E-state index in [1.54, 1.807) is 0 Å². The Bertz CT molecular complexity index is 1240. The van der Waals surface area contributed by atoms with E-state index in [-0.39, 0.29) is 10.8 Å². The van der Waals surface area contributed by atoms with Crippen molar-refractivity contribution in [1.29, 1.82) is 0 Å². The number of nitrogens with zero attached hydrogens (tertiary/aromatic N) is 2. The lowest BCUT2D eigenvalue weighted by atomic mass is 9.72. The van der Waals surface area contributed by atoms with Gasteiger partial charge < -0.3 is 0 Å². The van der Waals surface area contributed by atoms with E-state index >= 15 is 0 Å². The van der Waals surface area contributed by atoms with Crippen molar-refractivity contribution < 1.29 is 0 Å². The van der Waals surface area contributed by atoms with Crippen LogP contribution in [0.1, 0.15) is 79.0 Å². The first-order valence-electron chi connectivity index (χ1n) is 11.9. The van der Waals surface area contributed by atoms with E-state index in [0.29, 0.717) is 0 Å². The molecule has 0 aliphatic carbocycles. The average molecular weight is 427 g/mol. The zero-order valence-corrected chi connectivity index (χ0v) is 21.3. The van der Waals surface area contributed by atoms with E-state index in [2.05, 4.69) is 83.8 Å². The molecule has 168 valence electrons. The van der Waals surface area contributed by atoms with Crippen molar-refractivity contribution in [3.63, 3.8) is 0 Å². The van der Waals surface area contributed by atoms with Gasteiger partial charge in [0.15, 0.2) is 0 Å². The summed E-state index contributed by atoms with van der Waals surface area (Å²) < 4.78 is 0. The van der Waals surface area contributed by atoms with Gasteiger partial charge in [-0.1, -0.05) is 86.6 Å². The fourth-order valence-electron chi connectivity index (χ4n) is 4.80. The van der Waals surface area contributed by atoms with Crippen LogP contribution in [-0.2, 0) is 17.3 Å². The van der Waals surface area contributed by atoms with Gasteiger partial charge in [-0.2, -0.15) is 0 Å². The summed E-state index contributed by atoms with van der Waals surface area (Å²) in [4.78, 5) is 9.36. The van der Waals surface area contributed by atoms with Crippen molar-refractivity contribution in [1.82, 2.24) is 9.97 Å². The first-order valence-corrected chi connectivity index (χ1v) is 11.9. The molecule has 0 atom stereocenters. The van der Waals surface area contributed by atoms with E-state index in [1.807, 2.05) is 38.4 Å². The number of fused-ring (bicyclic) bond motifs is 3. The fraction of sp³-hybridized carbons (Fsp3) is 0.400. The topological polar surface area (TPSA) is 25.8 Å². The molecule has 0 bridgehead atoms. The summed E-state index contributed by atoms with van der Waals surface area (Å²) in [6.07, 6.45) is 4.74. The summed E-state index contributed by atoms with van der Waals surface area (Å²) in [5, 5.41) is 2.30. The minimum atomic E-state index is 0.0281. The lowest BCUT2D eigenvalue weighted by molar-refractivity contribution is 0.557. The van der Waals surface area contributed by atoms with Crippen LogP contribution in [0.25, 0.3) is 32.9 Å². The van der Waals surface area contributed by atoms with Crippen LogP contribution in [0.3, 0.4) is 0 Å². The van der Waals surface area contributed by atoms with Gasteiger partial charge in [0.05, 0.1) is 11.0 Å². The predicted molar refractivity (Wildman–Crippen MR) is 141 cm³/mol. The molecule has 2 aromatic heterocycles. The number of benzene rings is 2. The Hall–Kier alpha value is -2.74. The summed E-state index contributed by atoms with van der Waals surface area (Å²) in [6.45, 7) is 20.2. The molecule has 0 spiro atoms. The quantitative estimate of drug-likeness (QED) is 0.300. The zero-order valence-electron chi connectivity index (χ0n) is 21.3. The second-order valence-corrected chi connectivity index (χ2v) is 10.3. The number of rotatable bonds is 2. The third-order valence-corrected chi connectivity index (χ3v) is 5.98. The minimum absolute atomic E-state index is 0.0281. The molecule has 4 rings (SSSR count). The van der Waals surface area contributed by atoms with Crippen molar-refractivity contribution in [2.24, 2.45) is 0 Å². The van der Waals surface area contributed by atoms with E-state index in [1.165, 1.54) is 33.2 Å². The number of hydrogen-bond acceptors (Lipinski definition) is 2. The molecule has 4 aromatic rings. The molecular formula is C30H38N2. The maximum absolute atomic E-state index is 4.72. The maximum atomic E-state index is 4.72. The minimum Gasteiger partial charge on any atom is -0.254 e. The van der Waals surface area contributed by atoms with Gasteiger partial charge >= 0.3 is 0 Å². The van der Waals surface area contributed by atoms with Crippen LogP contribution in [-0.4, -0.2) is 9.97 Å². The average Bonchev–Trinajstić information content (AvgIpc) is 2.77. The van der Waals surface area contributed by atoms with Crippen LogP contribution in [0, 0.1) is 0 Å². The molecule has 0 aliphatic heterocycles. The molecule has 2 nitrogen and oxygen atoms in total. The highest BCUT2D eigenvalue weighted by molar-refractivity contribution is 6.10. The third kappa shape index (κ3) is 4.28. The zero-order chi connectivity index (χ0) is 23.7. The molecule has 2 heterocycles. The number of pyridine rings is 2. The summed E-state index contributed by atoms with van der Waals surface area (Å²) in [7, 11) is 0. The summed E-state index contributed by atoms with van der Waals surface area (Å²) >= 11 is 0. The van der Waals surface area contributed by atoms with Gasteiger partial charge in [-0.15, -0.1) is 0 Å². The standard InChI is InChI=1S/C28H32N2.C2H6/c1-8-19-23(27(2,3)4)14-13-20(24(19)28(5,6)7)22-17-18-11-9-15-29-25(18)26-21(22)12-10-16-30-26;1-2/h9-17H,8H2,1-7H3;1-2H3. The van der Waals surface area contributed by atoms with E-state index in [4.69, 9.17) is 4.98 Å². The van der Waals surface area contributed by atoms with Crippen molar-refractivity contribution in [2.45, 2.75) is 79.6 Å². The van der Waals surface area contributed by atoms with Crippen molar-refractivity contribution in [2.75, 3.05) is 0 Å². The molecule has 0 aliphatic rings. The Labute approximate surface area is 194 Å². The Morgan fingerprint density at radius 3 is 1.94 bits per heavy atom. The Morgan fingerprint density at radius 2 is 1.34 bits per heavy atom. The van der Waals surface area contributed by atoms with Crippen molar-refractivity contribution in [3.05, 3.63) is 71.5 Å². The van der Waals surface area contributed by atoms with Crippen molar-refractivity contribution in [3.8, 4) is 11.1 Å². The second-order valence-electron chi connectivity index (χ2n) is 10.3. The van der Waals surface area contributed by atoms with Gasteiger partial charge in [-0.05, 0) is 63.3 Å². The highest BCUT2D eigenvalue weighted by atomic mass is 14.7. The van der Waals surface area contributed by atoms with Gasteiger partial charge in [0.2, 0.25) is 0 Å². The molecule has 0 saturated carbocycles. The van der Waals surface area contributed by atoms with Crippen LogP contribution >= 0.6 is 0 Å². The lowest BCUT2D eigenvalue weighted by Crippen LogP contribution is -2.22. The summed E-state index contributed by atoms with van der Waals surface area (Å²) in [5.74, 6) is 0. The third-order valence-electron chi connectivity index (χ3n) is 5.98. The molecule has 2 aromatic carbocycles. The largest absolute Gasteiger partial charge is 0.254 e. The molecular weight excluding hydrogens is 388 g/mol. The highest BCUT2D eigenvalue weighted by Gasteiger charge is 2.28. The van der Waals surface area contributed by atoms with Gasteiger partial charge in [0.1, 0.15) is 0 Å². The molecule has 2 heteroatoms. The van der Waals surface area contributed by atoms with Gasteiger partial charge in [0.25, 0.3) is 0 Å². The van der Waals surface area contributed by atoms with Crippen molar-refractivity contribution >= 4 is 21.8 Å². The van der Waals surface area contributed by atoms with E-state index < -0.39 is 0 Å². The van der Waals surface area contributed by atoms with Gasteiger partial charge in [-0.3, -0.25) is 9.97 Å². The van der Waals surface area contributed by atoms with Gasteiger partial charge in [0, 0.05) is 23.2 Å². The summed E-state index contributed by atoms with van der Waals surface area (Å²) in [6, 6.07) is 15.3. The molecule has 32 heavy (non-hydrogen) atoms. The molecule has 0 fully saturated rings. The number of hydrogen-bond donors (Lipinski definition) is 0. The monoisotopic (exact) mass is 426 g/mol. The second kappa shape index (κ2) is 9.02. The maximum Gasteiger partial charge on any atom is 0.0970 e. The van der Waals surface area contributed by atoms with Crippen LogP contribution in [0.5, 0.6) is 0 Å². The van der Waals surface area contributed by atoms with Crippen LogP contribution in [0.4, 0.5) is 0 Å². The van der Waals surface area contributed by atoms with Crippen LogP contribution < -0.4 is 0 Å². The smallest absolute Gasteiger partial charge is 0.0970 e. The molecule has 0 unspecified atom stereocenters. The Kier molecular flexibility index (Phi) is 6.74. The molecule has 0 N–H and O–H groups in total. The fourth-order valence-corrected chi connectivity index (χ4v) is 4.80. The van der Waals surface area contributed by atoms with Crippen LogP contribution in [0.2, 0.25) is 0 Å². The first kappa shape index (κ1) is 23.9. The Balaban J connectivity index is 0.00000141. The van der Waals surface area contributed by atoms with Gasteiger partial charge in [-0.25, -0.2) is 0 Å². The SMILES string of the molecule is CC.CCc1c(C(C)(C)C)ccc(-c2cc3cccnc3c3ncccc23)c1C(C)(C)C. The Morgan fingerprint density at radius 1 is 0.719 bits per heavy atom. The lowest BCUT2D eigenvalue weighted by Gasteiger charge is -2.32. The highest BCUT2D eigenvalue weighted by Crippen LogP contribution is 2.43. The first-order chi connectivity index (χ1) is 15.1. The molecule has 0 radical (unpaired) electrons. The van der Waals surface area contributed by atoms with E-state index in [0.717, 1.165) is 22.8 Å². The van der Waals surface area contributed by atoms with Crippen LogP contribution in [0.15, 0.2) is 54.9 Å². The summed E-state index contributed by atoms with van der Waals surface area (Å²) in [5.41, 5.74) is 9.03. The van der Waals surface area contributed by atoms with E-state index in [9.17, 15) is 0 Å². The molecule has 0 saturated heterocycles. The molecule has 0 amide bonds. The normalized spacial score (nSPS) is 12.0. The number of aromatic nitrogens is 2.